The summed E-state index contributed by atoms with van der Waals surface area (Å²) in [6.07, 6.45) is 4.59. The number of hydrogen-bond donors (Lipinski definition) is 1. The number of likely N-dealkylation sites (tertiary alicyclic amines) is 1. The fourth-order valence-electron chi connectivity index (χ4n) is 2.19. The Labute approximate surface area is 98.4 Å². The maximum absolute atomic E-state index is 11.7. The van der Waals surface area contributed by atoms with Crippen molar-refractivity contribution in [3.8, 4) is 0 Å². The third kappa shape index (κ3) is 2.96. The molecule has 0 spiro atoms. The molecule has 2 aliphatic rings. The number of hydrogen-bond acceptors (Lipinski definition) is 3. The first kappa shape index (κ1) is 12.3. The molecule has 1 saturated heterocycles. The minimum atomic E-state index is -3.09. The fraction of sp³-hybridized carbons (Fsp3) is 1.00. The largest absolute Gasteiger partial charge is 0.300 e. The average molecular weight is 246 g/mol. The van der Waals surface area contributed by atoms with Gasteiger partial charge in [-0.25, -0.2) is 13.1 Å². The Morgan fingerprint density at radius 1 is 1.12 bits per heavy atom. The Morgan fingerprint density at radius 2 is 1.69 bits per heavy atom. The Kier molecular flexibility index (Phi) is 3.56. The first-order valence-electron chi connectivity index (χ1n) is 6.24. The van der Waals surface area contributed by atoms with E-state index in [9.17, 15) is 8.42 Å². The van der Waals surface area contributed by atoms with E-state index in [1.165, 1.54) is 12.8 Å². The third-order valence-electron chi connectivity index (χ3n) is 3.54. The lowest BCUT2D eigenvalue weighted by molar-refractivity contribution is 0.198. The fourth-order valence-corrected chi connectivity index (χ4v) is 3.16. The summed E-state index contributed by atoms with van der Waals surface area (Å²) in [6.45, 7) is 5.55. The minimum Gasteiger partial charge on any atom is -0.300 e. The van der Waals surface area contributed by atoms with Crippen molar-refractivity contribution in [1.82, 2.24) is 9.62 Å². The van der Waals surface area contributed by atoms with Crippen LogP contribution >= 0.6 is 0 Å². The van der Waals surface area contributed by atoms with Crippen LogP contribution in [-0.4, -0.2) is 43.7 Å². The average Bonchev–Trinajstić information content (AvgIpc) is 3.01. The third-order valence-corrected chi connectivity index (χ3v) is 5.45. The molecule has 0 unspecified atom stereocenters. The second-order valence-electron chi connectivity index (χ2n) is 5.25. The summed E-state index contributed by atoms with van der Waals surface area (Å²) in [7, 11) is -3.09. The molecule has 1 heterocycles. The van der Waals surface area contributed by atoms with Crippen molar-refractivity contribution >= 4 is 10.0 Å². The van der Waals surface area contributed by atoms with Gasteiger partial charge in [-0.05, 0) is 52.6 Å². The summed E-state index contributed by atoms with van der Waals surface area (Å²) < 4.78 is 26.2. The molecule has 0 amide bonds. The van der Waals surface area contributed by atoms with Crippen molar-refractivity contribution in [1.29, 1.82) is 0 Å². The summed E-state index contributed by atoms with van der Waals surface area (Å²) in [4.78, 5) is 2.50. The number of rotatable bonds is 4. The van der Waals surface area contributed by atoms with Crippen molar-refractivity contribution in [2.45, 2.75) is 56.9 Å². The van der Waals surface area contributed by atoms with Crippen LogP contribution < -0.4 is 4.72 Å². The molecule has 94 valence electrons. The zero-order valence-corrected chi connectivity index (χ0v) is 11.0. The number of nitrogens with zero attached hydrogens (tertiary/aromatic N) is 1. The van der Waals surface area contributed by atoms with Gasteiger partial charge in [0.15, 0.2) is 0 Å². The van der Waals surface area contributed by atoms with Gasteiger partial charge in [0.1, 0.15) is 0 Å². The van der Waals surface area contributed by atoms with Crippen molar-refractivity contribution in [2.24, 2.45) is 0 Å². The van der Waals surface area contributed by atoms with Gasteiger partial charge in [0, 0.05) is 12.1 Å². The monoisotopic (exact) mass is 246 g/mol. The number of piperidine rings is 1. The van der Waals surface area contributed by atoms with Gasteiger partial charge in [0.2, 0.25) is 10.0 Å². The number of nitrogens with one attached hydrogen (secondary N) is 1. The summed E-state index contributed by atoms with van der Waals surface area (Å²) >= 11 is 0. The predicted molar refractivity (Wildman–Crippen MR) is 64.8 cm³/mol. The molecule has 1 N–H and O–H groups in total. The number of sulfonamides is 1. The molecule has 2 fully saturated rings. The normalized spacial score (nSPS) is 25.2. The van der Waals surface area contributed by atoms with E-state index in [0.29, 0.717) is 0 Å². The highest BCUT2D eigenvalue weighted by atomic mass is 32.2. The van der Waals surface area contributed by atoms with E-state index >= 15 is 0 Å². The zero-order chi connectivity index (χ0) is 11.8. The molecule has 1 aliphatic heterocycles. The van der Waals surface area contributed by atoms with Crippen LogP contribution in [0.5, 0.6) is 0 Å². The topological polar surface area (TPSA) is 49.4 Å². The Morgan fingerprint density at radius 3 is 2.12 bits per heavy atom. The van der Waals surface area contributed by atoms with E-state index in [2.05, 4.69) is 9.62 Å². The lowest BCUT2D eigenvalue weighted by atomic mass is 10.1. The molecule has 5 heteroatoms. The van der Waals surface area contributed by atoms with Crippen LogP contribution in [0.15, 0.2) is 0 Å². The summed E-state index contributed by atoms with van der Waals surface area (Å²) in [5, 5.41) is -0.325. The van der Waals surface area contributed by atoms with Gasteiger partial charge in [-0.2, -0.15) is 0 Å². The molecular weight excluding hydrogens is 224 g/mol. The van der Waals surface area contributed by atoms with Crippen LogP contribution in [0.4, 0.5) is 0 Å². The first-order chi connectivity index (χ1) is 7.49. The van der Waals surface area contributed by atoms with Crippen LogP contribution in [-0.2, 0) is 10.0 Å². The molecule has 0 aromatic rings. The maximum atomic E-state index is 11.7. The molecule has 16 heavy (non-hydrogen) atoms. The second kappa shape index (κ2) is 4.63. The van der Waals surface area contributed by atoms with Crippen LogP contribution in [0.3, 0.4) is 0 Å². The van der Waals surface area contributed by atoms with Crippen molar-refractivity contribution in [2.75, 3.05) is 13.1 Å². The Bertz CT molecular complexity index is 328. The van der Waals surface area contributed by atoms with E-state index in [-0.39, 0.29) is 11.3 Å². The standard InChI is InChI=1S/C11H22N2O2S/c1-9(2)16(14,15)12-10-5-7-13(8-6-10)11-3-4-11/h9-12H,3-8H2,1-2H3. The lowest BCUT2D eigenvalue weighted by Crippen LogP contribution is -2.46. The van der Waals surface area contributed by atoms with E-state index in [4.69, 9.17) is 0 Å². The molecule has 0 atom stereocenters. The molecule has 1 saturated carbocycles. The maximum Gasteiger partial charge on any atom is 0.214 e. The highest BCUT2D eigenvalue weighted by Gasteiger charge is 2.33. The Balaban J connectivity index is 1.80. The van der Waals surface area contributed by atoms with Crippen LogP contribution in [0.1, 0.15) is 39.5 Å². The minimum absolute atomic E-state index is 0.155. The smallest absolute Gasteiger partial charge is 0.214 e. The SMILES string of the molecule is CC(C)S(=O)(=O)NC1CCN(C2CC2)CC1. The molecule has 0 aromatic heterocycles. The molecule has 0 radical (unpaired) electrons. The van der Waals surface area contributed by atoms with E-state index in [0.717, 1.165) is 32.0 Å². The van der Waals surface area contributed by atoms with Gasteiger partial charge >= 0.3 is 0 Å². The van der Waals surface area contributed by atoms with Crippen LogP contribution in [0.25, 0.3) is 0 Å². The molecule has 0 aromatic carbocycles. The predicted octanol–water partition coefficient (Wildman–Crippen LogP) is 0.941. The highest BCUT2D eigenvalue weighted by molar-refractivity contribution is 7.90. The van der Waals surface area contributed by atoms with Crippen molar-refractivity contribution in [3.63, 3.8) is 0 Å². The highest BCUT2D eigenvalue weighted by Crippen LogP contribution is 2.29. The molecule has 0 bridgehead atoms. The molecule has 4 nitrogen and oxygen atoms in total. The quantitative estimate of drug-likeness (QED) is 0.803. The van der Waals surface area contributed by atoms with E-state index < -0.39 is 10.0 Å². The van der Waals surface area contributed by atoms with Gasteiger partial charge in [-0.15, -0.1) is 0 Å². The molecular formula is C11H22N2O2S. The van der Waals surface area contributed by atoms with E-state index in [1.54, 1.807) is 13.8 Å². The van der Waals surface area contributed by atoms with Crippen LogP contribution in [0, 0.1) is 0 Å². The zero-order valence-electron chi connectivity index (χ0n) is 10.1. The van der Waals surface area contributed by atoms with Gasteiger partial charge in [0.25, 0.3) is 0 Å². The summed E-state index contributed by atoms with van der Waals surface area (Å²) in [5.74, 6) is 0. The van der Waals surface area contributed by atoms with E-state index in [1.807, 2.05) is 0 Å². The molecule has 2 rings (SSSR count). The first-order valence-corrected chi connectivity index (χ1v) is 7.79. The van der Waals surface area contributed by atoms with Gasteiger partial charge in [-0.1, -0.05) is 0 Å². The van der Waals surface area contributed by atoms with Gasteiger partial charge < -0.3 is 4.90 Å². The molecule has 1 aliphatic carbocycles. The second-order valence-corrected chi connectivity index (χ2v) is 7.52. The van der Waals surface area contributed by atoms with Gasteiger partial charge in [0.05, 0.1) is 5.25 Å². The van der Waals surface area contributed by atoms with Crippen molar-refractivity contribution < 1.29 is 8.42 Å². The van der Waals surface area contributed by atoms with Crippen LogP contribution in [0.2, 0.25) is 0 Å². The summed E-state index contributed by atoms with van der Waals surface area (Å²) in [5.41, 5.74) is 0. The van der Waals surface area contributed by atoms with Crippen molar-refractivity contribution in [3.05, 3.63) is 0 Å². The summed E-state index contributed by atoms with van der Waals surface area (Å²) in [6, 6.07) is 0.963. The van der Waals surface area contributed by atoms with Gasteiger partial charge in [-0.3, -0.25) is 0 Å². The lowest BCUT2D eigenvalue weighted by Gasteiger charge is -2.32. The Hall–Kier alpha value is -0.130.